The molecule has 0 saturated carbocycles. The van der Waals surface area contributed by atoms with Crippen molar-refractivity contribution in [2.75, 3.05) is 19.0 Å². The predicted molar refractivity (Wildman–Crippen MR) is 87.0 cm³/mol. The van der Waals surface area contributed by atoms with Crippen molar-refractivity contribution in [3.8, 4) is 22.8 Å². The average Bonchev–Trinajstić information content (AvgIpc) is 3.20. The lowest BCUT2D eigenvalue weighted by molar-refractivity contribution is 0.413. The Morgan fingerprint density at radius 1 is 1.26 bits per heavy atom. The first-order valence-corrected chi connectivity index (χ1v) is 7.63. The van der Waals surface area contributed by atoms with Crippen LogP contribution in [0.15, 0.2) is 30.7 Å². The lowest BCUT2D eigenvalue weighted by Crippen LogP contribution is -2.17. The van der Waals surface area contributed by atoms with E-state index < -0.39 is 0 Å². The zero-order chi connectivity index (χ0) is 15.8. The molecule has 1 aromatic carbocycles. The van der Waals surface area contributed by atoms with Gasteiger partial charge in [-0.15, -0.1) is 10.2 Å². The number of hydrogen-bond acceptors (Lipinski definition) is 5. The summed E-state index contributed by atoms with van der Waals surface area (Å²) in [5.74, 6) is 2.47. The van der Waals surface area contributed by atoms with Crippen LogP contribution in [0.5, 0.6) is 5.75 Å². The third-order valence-corrected chi connectivity index (χ3v) is 4.02. The summed E-state index contributed by atoms with van der Waals surface area (Å²) in [4.78, 5) is 4.27. The average molecular weight is 310 g/mol. The van der Waals surface area contributed by atoms with Gasteiger partial charge in [0.15, 0.2) is 5.82 Å². The number of anilines is 1. The highest BCUT2D eigenvalue weighted by Gasteiger charge is 2.18. The fraction of sp³-hybridized carbons (Fsp3) is 0.312. The highest BCUT2D eigenvalue weighted by Crippen LogP contribution is 2.30. The molecule has 0 radical (unpaired) electrons. The van der Waals surface area contributed by atoms with Crippen LogP contribution in [-0.4, -0.2) is 38.0 Å². The minimum atomic E-state index is 0.779. The van der Waals surface area contributed by atoms with Crippen molar-refractivity contribution in [1.82, 2.24) is 24.3 Å². The molecule has 1 aliphatic heterocycles. The molecule has 23 heavy (non-hydrogen) atoms. The third-order valence-electron chi connectivity index (χ3n) is 4.02. The lowest BCUT2D eigenvalue weighted by atomic mass is 10.1. The molecule has 1 aliphatic rings. The molecule has 0 saturated heterocycles. The zero-order valence-electron chi connectivity index (χ0n) is 13.2. The first-order valence-electron chi connectivity index (χ1n) is 7.63. The number of rotatable bonds is 3. The summed E-state index contributed by atoms with van der Waals surface area (Å²) in [5.41, 5.74) is 2.91. The van der Waals surface area contributed by atoms with Crippen molar-refractivity contribution in [3.63, 3.8) is 0 Å². The monoisotopic (exact) mass is 310 g/mol. The number of aryl methyl sites for hydroxylation is 1. The second-order valence-electron chi connectivity index (χ2n) is 5.59. The summed E-state index contributed by atoms with van der Waals surface area (Å²) in [6, 6.07) is 6.06. The summed E-state index contributed by atoms with van der Waals surface area (Å²) in [7, 11) is 1.67. The van der Waals surface area contributed by atoms with Crippen LogP contribution in [0.3, 0.4) is 0 Å². The van der Waals surface area contributed by atoms with Crippen LogP contribution < -0.4 is 10.1 Å². The normalized spacial score (nSPS) is 13.5. The van der Waals surface area contributed by atoms with Gasteiger partial charge in [-0.05, 0) is 31.5 Å². The summed E-state index contributed by atoms with van der Waals surface area (Å²) in [6.45, 7) is 3.84. The predicted octanol–water partition coefficient (Wildman–Crippen LogP) is 2.26. The Morgan fingerprint density at radius 2 is 2.17 bits per heavy atom. The zero-order valence-corrected chi connectivity index (χ0v) is 13.2. The molecule has 0 fully saturated rings. The molecule has 7 nitrogen and oxygen atoms in total. The van der Waals surface area contributed by atoms with Crippen molar-refractivity contribution < 1.29 is 4.74 Å². The summed E-state index contributed by atoms with van der Waals surface area (Å²) >= 11 is 0. The highest BCUT2D eigenvalue weighted by molar-refractivity contribution is 5.64. The van der Waals surface area contributed by atoms with E-state index >= 15 is 0 Å². The van der Waals surface area contributed by atoms with Crippen LogP contribution in [0, 0.1) is 6.92 Å². The van der Waals surface area contributed by atoms with Gasteiger partial charge >= 0.3 is 0 Å². The number of imidazole rings is 1. The number of hydrogen-bond donors (Lipinski definition) is 1. The van der Waals surface area contributed by atoms with E-state index in [-0.39, 0.29) is 0 Å². The van der Waals surface area contributed by atoms with Crippen molar-refractivity contribution in [2.45, 2.75) is 19.9 Å². The molecule has 3 aromatic rings. The van der Waals surface area contributed by atoms with Crippen LogP contribution in [0.25, 0.3) is 17.1 Å². The maximum Gasteiger partial charge on any atom is 0.224 e. The molecule has 7 heteroatoms. The Morgan fingerprint density at radius 3 is 2.96 bits per heavy atom. The smallest absolute Gasteiger partial charge is 0.224 e. The number of fused-ring (bicyclic) bond motifs is 1. The maximum absolute atomic E-state index is 5.57. The van der Waals surface area contributed by atoms with Crippen LogP contribution in [-0.2, 0) is 6.54 Å². The minimum Gasteiger partial charge on any atom is -0.495 e. The molecule has 0 bridgehead atoms. The highest BCUT2D eigenvalue weighted by atomic mass is 16.5. The number of benzene rings is 1. The fourth-order valence-corrected chi connectivity index (χ4v) is 2.88. The van der Waals surface area contributed by atoms with Gasteiger partial charge in [-0.3, -0.25) is 4.57 Å². The summed E-state index contributed by atoms with van der Waals surface area (Å²) in [5, 5.41) is 11.8. The molecule has 3 heterocycles. The first-order chi connectivity index (χ1) is 11.3. The number of nitrogens with one attached hydrogen (secondary N) is 1. The standard InChI is InChI=1S/C16H18N6O/c1-11-9-21(10-18-11)13-5-4-12(8-14(13)23-2)15-19-20-16-17-6-3-7-22(15)16/h4-5,8-10H,3,6-7H2,1-2H3,(H,17,20). The van der Waals surface area contributed by atoms with Gasteiger partial charge in [0.05, 0.1) is 24.8 Å². The van der Waals surface area contributed by atoms with Crippen LogP contribution in [0.4, 0.5) is 5.95 Å². The van der Waals surface area contributed by atoms with Gasteiger partial charge in [0.2, 0.25) is 5.95 Å². The Kier molecular flexibility index (Phi) is 3.25. The van der Waals surface area contributed by atoms with Gasteiger partial charge in [0.25, 0.3) is 0 Å². The van der Waals surface area contributed by atoms with Crippen molar-refractivity contribution >= 4 is 5.95 Å². The van der Waals surface area contributed by atoms with E-state index in [1.165, 1.54) is 0 Å². The van der Waals surface area contributed by atoms with Gasteiger partial charge in [-0.25, -0.2) is 4.98 Å². The summed E-state index contributed by atoms with van der Waals surface area (Å²) in [6.07, 6.45) is 4.83. The lowest BCUT2D eigenvalue weighted by Gasteiger charge is -2.17. The van der Waals surface area contributed by atoms with E-state index in [1.807, 2.05) is 35.9 Å². The molecule has 4 rings (SSSR count). The van der Waals surface area contributed by atoms with E-state index in [9.17, 15) is 0 Å². The molecule has 1 N–H and O–H groups in total. The fourth-order valence-electron chi connectivity index (χ4n) is 2.88. The van der Waals surface area contributed by atoms with Gasteiger partial charge in [0, 0.05) is 24.8 Å². The number of aromatic nitrogens is 5. The Bertz CT molecular complexity index is 850. The van der Waals surface area contributed by atoms with Crippen LogP contribution in [0.1, 0.15) is 12.1 Å². The second kappa shape index (κ2) is 5.42. The van der Waals surface area contributed by atoms with E-state index in [1.54, 1.807) is 13.4 Å². The molecule has 0 spiro atoms. The molecular formula is C16H18N6O. The molecule has 118 valence electrons. The minimum absolute atomic E-state index is 0.779. The van der Waals surface area contributed by atoms with E-state index in [0.717, 1.165) is 54.0 Å². The molecular weight excluding hydrogens is 292 g/mol. The molecule has 2 aromatic heterocycles. The number of methoxy groups -OCH3 is 1. The van der Waals surface area contributed by atoms with Gasteiger partial charge in [0.1, 0.15) is 5.75 Å². The largest absolute Gasteiger partial charge is 0.495 e. The third kappa shape index (κ3) is 2.34. The van der Waals surface area contributed by atoms with Crippen molar-refractivity contribution in [2.24, 2.45) is 0 Å². The van der Waals surface area contributed by atoms with Gasteiger partial charge in [-0.1, -0.05) is 0 Å². The second-order valence-corrected chi connectivity index (χ2v) is 5.59. The SMILES string of the molecule is COc1cc(-c2nnc3n2CCCN3)ccc1-n1cnc(C)c1. The maximum atomic E-state index is 5.57. The Hall–Kier alpha value is -2.83. The molecule has 0 unspecified atom stereocenters. The first kappa shape index (κ1) is 13.8. The van der Waals surface area contributed by atoms with Gasteiger partial charge < -0.3 is 14.6 Å². The van der Waals surface area contributed by atoms with Crippen LogP contribution in [0.2, 0.25) is 0 Å². The topological polar surface area (TPSA) is 69.8 Å². The van der Waals surface area contributed by atoms with Crippen LogP contribution >= 0.6 is 0 Å². The van der Waals surface area contributed by atoms with Crippen molar-refractivity contribution in [3.05, 3.63) is 36.4 Å². The van der Waals surface area contributed by atoms with Crippen molar-refractivity contribution in [1.29, 1.82) is 0 Å². The quantitative estimate of drug-likeness (QED) is 0.803. The Labute approximate surface area is 133 Å². The Balaban J connectivity index is 1.78. The number of nitrogens with zero attached hydrogens (tertiary/aromatic N) is 5. The van der Waals surface area contributed by atoms with E-state index in [0.29, 0.717) is 0 Å². The molecule has 0 amide bonds. The van der Waals surface area contributed by atoms with E-state index in [2.05, 4.69) is 25.1 Å². The molecule has 0 aliphatic carbocycles. The van der Waals surface area contributed by atoms with Gasteiger partial charge in [-0.2, -0.15) is 0 Å². The number of ether oxygens (including phenoxy) is 1. The summed E-state index contributed by atoms with van der Waals surface area (Å²) < 4.78 is 9.64. The van der Waals surface area contributed by atoms with E-state index in [4.69, 9.17) is 4.74 Å². The molecule has 0 atom stereocenters.